The first-order chi connectivity index (χ1) is 15.7. The van der Waals surface area contributed by atoms with Gasteiger partial charge >= 0.3 is 24.1 Å². The van der Waals surface area contributed by atoms with E-state index >= 15 is 0 Å². The molecule has 0 aliphatic carbocycles. The van der Waals surface area contributed by atoms with Gasteiger partial charge in [-0.05, 0) is 37.0 Å². The molecule has 0 aliphatic rings. The molecule has 0 unspecified atom stereocenters. The first-order valence-corrected chi connectivity index (χ1v) is 11.1. The molecular weight excluding hydrogens is 446 g/mol. The lowest BCUT2D eigenvalue weighted by Gasteiger charge is -2.32. The van der Waals surface area contributed by atoms with Crippen LogP contribution in [-0.2, 0) is 30.3 Å². The van der Waals surface area contributed by atoms with E-state index in [1.807, 2.05) is 20.8 Å². The molecule has 0 spiro atoms. The maximum absolute atomic E-state index is 12.4. The third-order valence-electron chi connectivity index (χ3n) is 4.23. The standard InChI is InChI=1S/C24H35NO9/c1-8-19(26)32-17-11-10-16(12-18(17)33-20(27)9-2)13-24(21(28)29,25-15(3)4)34-22(30)31-14-23(5,6)7/h10-12,15,25H,8-9,13-14H2,1-7H3,(H,28,29)/t24-/m0/s1. The number of rotatable bonds is 11. The molecule has 0 saturated heterocycles. The summed E-state index contributed by atoms with van der Waals surface area (Å²) >= 11 is 0. The minimum absolute atomic E-state index is 0.0145. The number of benzene rings is 1. The Morgan fingerprint density at radius 3 is 2.00 bits per heavy atom. The number of carbonyl (C=O) groups is 4. The normalized spacial score (nSPS) is 13.1. The fourth-order valence-corrected chi connectivity index (χ4v) is 2.71. The molecular formula is C24H35NO9. The van der Waals surface area contributed by atoms with Crippen LogP contribution in [0.5, 0.6) is 11.5 Å². The molecule has 0 saturated carbocycles. The zero-order chi connectivity index (χ0) is 26.1. The van der Waals surface area contributed by atoms with E-state index < -0.39 is 29.8 Å². The van der Waals surface area contributed by atoms with E-state index in [0.29, 0.717) is 5.56 Å². The van der Waals surface area contributed by atoms with Crippen molar-refractivity contribution < 1.29 is 43.2 Å². The Morgan fingerprint density at radius 2 is 1.53 bits per heavy atom. The summed E-state index contributed by atoms with van der Waals surface area (Å²) in [6.07, 6.45) is -1.30. The molecule has 2 N–H and O–H groups in total. The molecule has 190 valence electrons. The Morgan fingerprint density at radius 1 is 0.971 bits per heavy atom. The van der Waals surface area contributed by atoms with Crippen molar-refractivity contribution in [1.29, 1.82) is 0 Å². The maximum Gasteiger partial charge on any atom is 0.510 e. The van der Waals surface area contributed by atoms with E-state index in [1.54, 1.807) is 27.7 Å². The number of carbonyl (C=O) groups excluding carboxylic acids is 3. The van der Waals surface area contributed by atoms with E-state index in [9.17, 15) is 24.3 Å². The smallest absolute Gasteiger partial charge is 0.477 e. The highest BCUT2D eigenvalue weighted by atomic mass is 16.7. The zero-order valence-corrected chi connectivity index (χ0v) is 20.9. The lowest BCUT2D eigenvalue weighted by Crippen LogP contribution is -2.59. The van der Waals surface area contributed by atoms with Gasteiger partial charge in [-0.2, -0.15) is 0 Å². The molecule has 0 radical (unpaired) electrons. The number of esters is 2. The van der Waals surface area contributed by atoms with Gasteiger partial charge in [0, 0.05) is 25.3 Å². The van der Waals surface area contributed by atoms with Crippen LogP contribution >= 0.6 is 0 Å². The van der Waals surface area contributed by atoms with Crippen molar-refractivity contribution in [3.05, 3.63) is 23.8 Å². The van der Waals surface area contributed by atoms with Gasteiger partial charge in [0.25, 0.3) is 5.72 Å². The second-order valence-electron chi connectivity index (χ2n) is 9.25. The molecule has 0 bridgehead atoms. The third-order valence-corrected chi connectivity index (χ3v) is 4.23. The Bertz CT molecular complexity index is 889. The maximum atomic E-state index is 12.4. The predicted molar refractivity (Wildman–Crippen MR) is 123 cm³/mol. The average Bonchev–Trinajstić information content (AvgIpc) is 2.72. The summed E-state index contributed by atoms with van der Waals surface area (Å²) in [5.41, 5.74) is -2.17. The average molecular weight is 482 g/mol. The van der Waals surface area contributed by atoms with E-state index in [0.717, 1.165) is 0 Å². The van der Waals surface area contributed by atoms with Gasteiger partial charge in [-0.25, -0.2) is 9.59 Å². The van der Waals surface area contributed by atoms with Gasteiger partial charge in [0.05, 0.1) is 6.61 Å². The van der Waals surface area contributed by atoms with Gasteiger partial charge in [0.1, 0.15) is 0 Å². The molecule has 0 fully saturated rings. The van der Waals surface area contributed by atoms with Crippen LogP contribution in [0.2, 0.25) is 0 Å². The summed E-state index contributed by atoms with van der Waals surface area (Å²) in [7, 11) is 0. The highest BCUT2D eigenvalue weighted by Gasteiger charge is 2.44. The van der Waals surface area contributed by atoms with Gasteiger partial charge in [-0.3, -0.25) is 14.9 Å². The number of ether oxygens (including phenoxy) is 4. The van der Waals surface area contributed by atoms with Crippen LogP contribution in [0.3, 0.4) is 0 Å². The topological polar surface area (TPSA) is 137 Å². The SMILES string of the molecule is CCC(=O)Oc1ccc(C[C@](NC(C)C)(OC(=O)OCC(C)(C)C)C(=O)O)cc1OC(=O)CC. The van der Waals surface area contributed by atoms with Gasteiger partial charge in [-0.15, -0.1) is 0 Å². The number of hydrogen-bond acceptors (Lipinski definition) is 9. The second kappa shape index (κ2) is 12.4. The summed E-state index contributed by atoms with van der Waals surface area (Å²) < 4.78 is 20.9. The van der Waals surface area contributed by atoms with Crippen LogP contribution in [0.1, 0.15) is 66.9 Å². The van der Waals surface area contributed by atoms with Crippen LogP contribution in [0, 0.1) is 5.41 Å². The molecule has 0 heterocycles. The summed E-state index contributed by atoms with van der Waals surface area (Å²) in [5.74, 6) is -2.58. The largest absolute Gasteiger partial charge is 0.510 e. The van der Waals surface area contributed by atoms with Crippen molar-refractivity contribution in [3.63, 3.8) is 0 Å². The third kappa shape index (κ3) is 9.38. The lowest BCUT2D eigenvalue weighted by atomic mass is 9.99. The monoisotopic (exact) mass is 481 g/mol. The molecule has 0 aliphatic heterocycles. The quantitative estimate of drug-likeness (QED) is 0.272. The zero-order valence-electron chi connectivity index (χ0n) is 20.9. The predicted octanol–water partition coefficient (Wildman–Crippen LogP) is 3.84. The highest BCUT2D eigenvalue weighted by molar-refractivity contribution is 5.81. The van der Waals surface area contributed by atoms with Crippen molar-refractivity contribution in [3.8, 4) is 11.5 Å². The van der Waals surface area contributed by atoms with Crippen molar-refractivity contribution in [2.75, 3.05) is 6.61 Å². The molecule has 0 aromatic heterocycles. The van der Waals surface area contributed by atoms with Gasteiger partial charge in [0.15, 0.2) is 11.5 Å². The fraction of sp³-hybridized carbons (Fsp3) is 0.583. The Kier molecular flexibility index (Phi) is 10.5. The van der Waals surface area contributed by atoms with Crippen LogP contribution in [-0.4, -0.2) is 47.5 Å². The molecule has 1 aromatic rings. The number of carboxylic acids is 1. The first kappa shape index (κ1) is 28.9. The van der Waals surface area contributed by atoms with E-state index in [1.165, 1.54) is 18.2 Å². The van der Waals surface area contributed by atoms with E-state index in [-0.39, 0.29) is 48.8 Å². The van der Waals surface area contributed by atoms with Crippen molar-refractivity contribution >= 4 is 24.1 Å². The fourth-order valence-electron chi connectivity index (χ4n) is 2.71. The lowest BCUT2D eigenvalue weighted by molar-refractivity contribution is -0.167. The molecule has 1 atom stereocenters. The molecule has 34 heavy (non-hydrogen) atoms. The van der Waals surface area contributed by atoms with E-state index in [4.69, 9.17) is 18.9 Å². The van der Waals surface area contributed by atoms with Gasteiger partial charge in [0.2, 0.25) is 0 Å². The summed E-state index contributed by atoms with van der Waals surface area (Å²) in [6.45, 7) is 12.2. The Balaban J connectivity index is 3.34. The highest BCUT2D eigenvalue weighted by Crippen LogP contribution is 2.31. The Hall–Kier alpha value is -3.14. The van der Waals surface area contributed by atoms with Gasteiger partial charge < -0.3 is 24.1 Å². The summed E-state index contributed by atoms with van der Waals surface area (Å²) in [6, 6.07) is 3.87. The van der Waals surface area contributed by atoms with Crippen molar-refractivity contribution in [2.24, 2.45) is 5.41 Å². The molecule has 10 heteroatoms. The van der Waals surface area contributed by atoms with E-state index in [2.05, 4.69) is 5.32 Å². The number of aliphatic carboxylic acids is 1. The first-order valence-electron chi connectivity index (χ1n) is 11.1. The van der Waals surface area contributed by atoms with Crippen LogP contribution in [0.25, 0.3) is 0 Å². The molecule has 10 nitrogen and oxygen atoms in total. The summed E-state index contributed by atoms with van der Waals surface area (Å²) in [4.78, 5) is 48.3. The number of carboxylic acid groups (broad SMARTS) is 1. The Labute approximate surface area is 199 Å². The molecule has 1 rings (SSSR count). The number of hydrogen-bond donors (Lipinski definition) is 2. The minimum atomic E-state index is -2.17. The van der Waals surface area contributed by atoms with Crippen LogP contribution in [0.4, 0.5) is 4.79 Å². The van der Waals surface area contributed by atoms with Crippen molar-refractivity contribution in [1.82, 2.24) is 5.32 Å². The van der Waals surface area contributed by atoms with Crippen LogP contribution in [0.15, 0.2) is 18.2 Å². The van der Waals surface area contributed by atoms with Gasteiger partial charge in [-0.1, -0.05) is 40.7 Å². The van der Waals surface area contributed by atoms with Crippen LogP contribution < -0.4 is 14.8 Å². The second-order valence-corrected chi connectivity index (χ2v) is 9.25. The molecule has 1 aromatic carbocycles. The molecule has 0 amide bonds. The van der Waals surface area contributed by atoms with Crippen molar-refractivity contribution in [2.45, 2.75) is 79.5 Å². The summed E-state index contributed by atoms with van der Waals surface area (Å²) in [5, 5.41) is 12.8. The minimum Gasteiger partial charge on any atom is -0.477 e. The number of nitrogens with one attached hydrogen (secondary N) is 1.